The van der Waals surface area contributed by atoms with Crippen LogP contribution in [0.3, 0.4) is 0 Å². The molecule has 0 spiro atoms. The highest BCUT2D eigenvalue weighted by Crippen LogP contribution is 1.82. The van der Waals surface area contributed by atoms with Crippen molar-refractivity contribution in [3.8, 4) is 0 Å². The SMILES string of the molecule is CCN(C)C(=O)CNCCC(=O)NC. The van der Waals surface area contributed by atoms with Crippen molar-refractivity contribution in [2.45, 2.75) is 13.3 Å². The van der Waals surface area contributed by atoms with E-state index in [0.29, 0.717) is 26.1 Å². The fourth-order valence-corrected chi connectivity index (χ4v) is 0.834. The van der Waals surface area contributed by atoms with Gasteiger partial charge in [-0.25, -0.2) is 0 Å². The first kappa shape index (κ1) is 12.9. The molecule has 5 heteroatoms. The predicted molar refractivity (Wildman–Crippen MR) is 54.9 cm³/mol. The number of nitrogens with zero attached hydrogens (tertiary/aromatic N) is 1. The molecule has 0 aromatic carbocycles. The molecule has 0 aromatic rings. The lowest BCUT2D eigenvalue weighted by molar-refractivity contribution is -0.129. The molecule has 2 N–H and O–H groups in total. The van der Waals surface area contributed by atoms with Crippen LogP contribution in [0.15, 0.2) is 0 Å². The van der Waals surface area contributed by atoms with Crippen LogP contribution in [0.1, 0.15) is 13.3 Å². The monoisotopic (exact) mass is 201 g/mol. The Morgan fingerprint density at radius 2 is 2.00 bits per heavy atom. The average molecular weight is 201 g/mol. The Labute approximate surface area is 84.8 Å². The summed E-state index contributed by atoms with van der Waals surface area (Å²) < 4.78 is 0. The molecule has 0 aliphatic carbocycles. The van der Waals surface area contributed by atoms with Crippen molar-refractivity contribution in [1.82, 2.24) is 15.5 Å². The highest BCUT2D eigenvalue weighted by molar-refractivity contribution is 5.78. The number of hydrogen-bond acceptors (Lipinski definition) is 3. The second-order valence-corrected chi connectivity index (χ2v) is 3.01. The van der Waals surface area contributed by atoms with Crippen LogP contribution in [-0.4, -0.2) is 50.4 Å². The Morgan fingerprint density at radius 3 is 2.50 bits per heavy atom. The molecule has 0 unspecified atom stereocenters. The molecule has 2 amide bonds. The van der Waals surface area contributed by atoms with Crippen molar-refractivity contribution in [3.63, 3.8) is 0 Å². The quantitative estimate of drug-likeness (QED) is 0.553. The predicted octanol–water partition coefficient (Wildman–Crippen LogP) is -0.810. The summed E-state index contributed by atoms with van der Waals surface area (Å²) in [7, 11) is 3.35. The number of carbonyl (C=O) groups is 2. The van der Waals surface area contributed by atoms with Crippen LogP contribution < -0.4 is 10.6 Å². The molecular weight excluding hydrogens is 182 g/mol. The second-order valence-electron chi connectivity index (χ2n) is 3.01. The molecule has 0 bridgehead atoms. The Kier molecular flexibility index (Phi) is 6.74. The summed E-state index contributed by atoms with van der Waals surface area (Å²) in [6, 6.07) is 0. The molecule has 14 heavy (non-hydrogen) atoms. The number of amides is 2. The number of carbonyl (C=O) groups excluding carboxylic acids is 2. The van der Waals surface area contributed by atoms with Gasteiger partial charge in [0.15, 0.2) is 0 Å². The van der Waals surface area contributed by atoms with E-state index in [0.717, 1.165) is 0 Å². The first-order valence-corrected chi connectivity index (χ1v) is 4.77. The number of hydrogen-bond donors (Lipinski definition) is 2. The van der Waals surface area contributed by atoms with E-state index in [4.69, 9.17) is 0 Å². The van der Waals surface area contributed by atoms with Gasteiger partial charge in [0, 0.05) is 33.6 Å². The summed E-state index contributed by atoms with van der Waals surface area (Å²) in [5.41, 5.74) is 0. The van der Waals surface area contributed by atoms with E-state index in [1.165, 1.54) is 0 Å². The lowest BCUT2D eigenvalue weighted by atomic mass is 10.4. The van der Waals surface area contributed by atoms with E-state index in [1.54, 1.807) is 19.0 Å². The molecule has 0 aliphatic heterocycles. The van der Waals surface area contributed by atoms with Gasteiger partial charge in [0.25, 0.3) is 0 Å². The number of rotatable bonds is 6. The van der Waals surface area contributed by atoms with Gasteiger partial charge < -0.3 is 15.5 Å². The molecule has 5 nitrogen and oxygen atoms in total. The van der Waals surface area contributed by atoms with Crippen LogP contribution in [-0.2, 0) is 9.59 Å². The Bertz CT molecular complexity index is 194. The molecule has 0 saturated carbocycles. The first-order chi connectivity index (χ1) is 6.61. The van der Waals surface area contributed by atoms with Gasteiger partial charge >= 0.3 is 0 Å². The molecule has 0 atom stereocenters. The molecular formula is C9H19N3O2. The maximum absolute atomic E-state index is 11.3. The third kappa shape index (κ3) is 5.53. The van der Waals surface area contributed by atoms with Crippen LogP contribution >= 0.6 is 0 Å². The van der Waals surface area contributed by atoms with Gasteiger partial charge in [0.2, 0.25) is 11.8 Å². The normalized spacial score (nSPS) is 9.64. The van der Waals surface area contributed by atoms with Crippen LogP contribution in [0.25, 0.3) is 0 Å². The van der Waals surface area contributed by atoms with E-state index in [1.807, 2.05) is 6.92 Å². The third-order valence-electron chi connectivity index (χ3n) is 1.98. The third-order valence-corrected chi connectivity index (χ3v) is 1.98. The molecule has 0 aliphatic rings. The van der Waals surface area contributed by atoms with Crippen LogP contribution in [0, 0.1) is 0 Å². The fourth-order valence-electron chi connectivity index (χ4n) is 0.834. The van der Waals surface area contributed by atoms with Crippen LogP contribution in [0.4, 0.5) is 0 Å². The van der Waals surface area contributed by atoms with Crippen molar-refractivity contribution >= 4 is 11.8 Å². The van der Waals surface area contributed by atoms with Crippen LogP contribution in [0.5, 0.6) is 0 Å². The maximum Gasteiger partial charge on any atom is 0.236 e. The largest absolute Gasteiger partial charge is 0.359 e. The van der Waals surface area contributed by atoms with Gasteiger partial charge in [-0.05, 0) is 6.92 Å². The lowest BCUT2D eigenvalue weighted by Gasteiger charge is -2.14. The van der Waals surface area contributed by atoms with Gasteiger partial charge in [-0.2, -0.15) is 0 Å². The Morgan fingerprint density at radius 1 is 1.36 bits per heavy atom. The van der Waals surface area contributed by atoms with Gasteiger partial charge in [0.05, 0.1) is 6.54 Å². The van der Waals surface area contributed by atoms with Crippen molar-refractivity contribution < 1.29 is 9.59 Å². The van der Waals surface area contributed by atoms with Crippen LogP contribution in [0.2, 0.25) is 0 Å². The van der Waals surface area contributed by atoms with Crippen molar-refractivity contribution in [2.24, 2.45) is 0 Å². The average Bonchev–Trinajstić information content (AvgIpc) is 2.22. The minimum absolute atomic E-state index is 0.0196. The Hall–Kier alpha value is -1.10. The summed E-state index contributed by atoms with van der Waals surface area (Å²) in [4.78, 5) is 23.7. The molecule has 0 rings (SSSR count). The number of likely N-dealkylation sites (N-methyl/N-ethyl adjacent to an activating group) is 1. The minimum atomic E-state index is -0.0196. The van der Waals surface area contributed by atoms with E-state index in [-0.39, 0.29) is 11.8 Å². The molecule has 0 radical (unpaired) electrons. The van der Waals surface area contributed by atoms with E-state index in [2.05, 4.69) is 10.6 Å². The second kappa shape index (κ2) is 7.32. The van der Waals surface area contributed by atoms with Gasteiger partial charge in [-0.15, -0.1) is 0 Å². The van der Waals surface area contributed by atoms with Gasteiger partial charge in [-0.1, -0.05) is 0 Å². The summed E-state index contributed by atoms with van der Waals surface area (Å²) in [6.07, 6.45) is 0.402. The van der Waals surface area contributed by atoms with E-state index >= 15 is 0 Å². The highest BCUT2D eigenvalue weighted by Gasteiger charge is 2.05. The molecule has 0 saturated heterocycles. The summed E-state index contributed by atoms with van der Waals surface area (Å²) in [5, 5.41) is 5.43. The Balaban J connectivity index is 3.45. The minimum Gasteiger partial charge on any atom is -0.359 e. The zero-order valence-electron chi connectivity index (χ0n) is 9.09. The maximum atomic E-state index is 11.3. The molecule has 82 valence electrons. The zero-order valence-corrected chi connectivity index (χ0v) is 9.09. The topological polar surface area (TPSA) is 61.4 Å². The summed E-state index contributed by atoms with van der Waals surface area (Å²) in [6.45, 7) is 3.45. The molecule has 0 fully saturated rings. The van der Waals surface area contributed by atoms with E-state index in [9.17, 15) is 9.59 Å². The van der Waals surface area contributed by atoms with Gasteiger partial charge in [0.1, 0.15) is 0 Å². The summed E-state index contributed by atoms with van der Waals surface area (Å²) >= 11 is 0. The van der Waals surface area contributed by atoms with Crippen molar-refractivity contribution in [3.05, 3.63) is 0 Å². The first-order valence-electron chi connectivity index (χ1n) is 4.77. The van der Waals surface area contributed by atoms with Gasteiger partial charge in [-0.3, -0.25) is 9.59 Å². The lowest BCUT2D eigenvalue weighted by Crippen LogP contribution is -2.36. The molecule has 0 aromatic heterocycles. The van der Waals surface area contributed by atoms with Crippen molar-refractivity contribution in [1.29, 1.82) is 0 Å². The number of nitrogens with one attached hydrogen (secondary N) is 2. The fraction of sp³-hybridized carbons (Fsp3) is 0.778. The smallest absolute Gasteiger partial charge is 0.236 e. The van der Waals surface area contributed by atoms with E-state index < -0.39 is 0 Å². The zero-order chi connectivity index (χ0) is 11.0. The highest BCUT2D eigenvalue weighted by atomic mass is 16.2. The summed E-state index contributed by atoms with van der Waals surface area (Å²) in [5.74, 6) is 0.0261. The molecule has 0 heterocycles. The van der Waals surface area contributed by atoms with Crippen molar-refractivity contribution in [2.75, 3.05) is 33.7 Å². The standard InChI is InChI=1S/C9H19N3O2/c1-4-12(3)9(14)7-11-6-5-8(13)10-2/h11H,4-7H2,1-3H3,(H,10,13).